The van der Waals surface area contributed by atoms with Crippen LogP contribution in [0.15, 0.2) is 77.2 Å². The lowest BCUT2D eigenvalue weighted by atomic mass is 10.1. The predicted molar refractivity (Wildman–Crippen MR) is 121 cm³/mol. The van der Waals surface area contributed by atoms with Crippen molar-refractivity contribution < 1.29 is 23.5 Å². The van der Waals surface area contributed by atoms with E-state index in [1.165, 1.54) is 19.1 Å². The highest BCUT2D eigenvalue weighted by atomic mass is 35.5. The van der Waals surface area contributed by atoms with Crippen LogP contribution >= 0.6 is 11.6 Å². The second-order valence-electron chi connectivity index (χ2n) is 6.81. The Bertz CT molecular complexity index is 1350. The van der Waals surface area contributed by atoms with E-state index in [2.05, 4.69) is 10.6 Å². The van der Waals surface area contributed by atoms with Gasteiger partial charge in [0.05, 0.1) is 5.56 Å². The summed E-state index contributed by atoms with van der Waals surface area (Å²) < 4.78 is 10.9. The molecule has 0 aliphatic heterocycles. The summed E-state index contributed by atoms with van der Waals surface area (Å²) in [6.45, 7) is 1.25. The molecule has 0 aliphatic carbocycles. The molecule has 0 unspecified atom stereocenters. The maximum Gasteiger partial charge on any atom is 0.308 e. The van der Waals surface area contributed by atoms with Crippen molar-refractivity contribution >= 4 is 51.7 Å². The molecular formula is C24H17ClN2O5. The SMILES string of the molecule is CC(=O)Oc1ccccc1C(=O)Nc1c(C(=O)Nc2cccc(Cl)c2)oc2ccccc12. The smallest absolute Gasteiger partial charge is 0.308 e. The molecule has 0 saturated carbocycles. The van der Waals surface area contributed by atoms with Crippen molar-refractivity contribution in [1.82, 2.24) is 0 Å². The summed E-state index contributed by atoms with van der Waals surface area (Å²) in [5.74, 6) is -1.66. The Morgan fingerprint density at radius 2 is 1.62 bits per heavy atom. The van der Waals surface area contributed by atoms with Crippen molar-refractivity contribution in [3.05, 3.63) is 89.1 Å². The van der Waals surface area contributed by atoms with Gasteiger partial charge < -0.3 is 19.8 Å². The van der Waals surface area contributed by atoms with Gasteiger partial charge in [0, 0.05) is 23.0 Å². The van der Waals surface area contributed by atoms with Crippen LogP contribution in [0, 0.1) is 0 Å². The molecule has 0 atom stereocenters. The van der Waals surface area contributed by atoms with Crippen LogP contribution in [0.5, 0.6) is 5.75 Å². The van der Waals surface area contributed by atoms with E-state index in [1.807, 2.05) is 0 Å². The average Bonchev–Trinajstić information content (AvgIpc) is 3.12. The highest BCUT2D eigenvalue weighted by Crippen LogP contribution is 2.32. The second-order valence-corrected chi connectivity index (χ2v) is 7.25. The highest BCUT2D eigenvalue weighted by Gasteiger charge is 2.24. The van der Waals surface area contributed by atoms with Crippen LogP contribution in [0.4, 0.5) is 11.4 Å². The van der Waals surface area contributed by atoms with Gasteiger partial charge in [-0.15, -0.1) is 0 Å². The molecule has 0 spiro atoms. The van der Waals surface area contributed by atoms with Crippen LogP contribution in [0.1, 0.15) is 27.8 Å². The van der Waals surface area contributed by atoms with Crippen molar-refractivity contribution in [2.24, 2.45) is 0 Å². The Hall–Kier alpha value is -4.10. The number of carbonyl (C=O) groups excluding carboxylic acids is 3. The molecule has 0 fully saturated rings. The lowest BCUT2D eigenvalue weighted by molar-refractivity contribution is -0.131. The van der Waals surface area contributed by atoms with Crippen molar-refractivity contribution in [2.45, 2.75) is 6.92 Å². The quantitative estimate of drug-likeness (QED) is 0.309. The molecule has 1 aromatic heterocycles. The van der Waals surface area contributed by atoms with Gasteiger partial charge in [-0.3, -0.25) is 14.4 Å². The van der Waals surface area contributed by atoms with Gasteiger partial charge in [-0.25, -0.2) is 0 Å². The van der Waals surface area contributed by atoms with Gasteiger partial charge in [0.25, 0.3) is 11.8 Å². The Morgan fingerprint density at radius 3 is 2.41 bits per heavy atom. The van der Waals surface area contributed by atoms with E-state index in [0.717, 1.165) is 0 Å². The fourth-order valence-corrected chi connectivity index (χ4v) is 3.35. The minimum Gasteiger partial charge on any atom is -0.449 e. The maximum atomic E-state index is 13.0. The van der Waals surface area contributed by atoms with E-state index in [0.29, 0.717) is 21.7 Å². The molecule has 3 aromatic carbocycles. The Labute approximate surface area is 187 Å². The van der Waals surface area contributed by atoms with Crippen LogP contribution in [-0.2, 0) is 4.79 Å². The first-order valence-corrected chi connectivity index (χ1v) is 9.97. The summed E-state index contributed by atoms with van der Waals surface area (Å²) in [6, 6.07) is 19.9. The molecule has 32 heavy (non-hydrogen) atoms. The molecule has 0 bridgehead atoms. The number of anilines is 2. The van der Waals surface area contributed by atoms with Crippen molar-refractivity contribution in [2.75, 3.05) is 10.6 Å². The average molecular weight is 449 g/mol. The zero-order valence-electron chi connectivity index (χ0n) is 16.8. The third-order valence-corrected chi connectivity index (χ3v) is 4.74. The number of furan rings is 1. The summed E-state index contributed by atoms with van der Waals surface area (Å²) in [5, 5.41) is 6.45. The van der Waals surface area contributed by atoms with Gasteiger partial charge >= 0.3 is 5.97 Å². The van der Waals surface area contributed by atoms with Crippen LogP contribution in [0.3, 0.4) is 0 Å². The summed E-state index contributed by atoms with van der Waals surface area (Å²) in [7, 11) is 0. The molecule has 4 aromatic rings. The molecular weight excluding hydrogens is 432 g/mol. The maximum absolute atomic E-state index is 13.0. The van der Waals surface area contributed by atoms with Crippen LogP contribution in [-0.4, -0.2) is 17.8 Å². The van der Waals surface area contributed by atoms with Crippen molar-refractivity contribution in [3.63, 3.8) is 0 Å². The first-order valence-electron chi connectivity index (χ1n) is 9.59. The summed E-state index contributed by atoms with van der Waals surface area (Å²) in [4.78, 5) is 37.4. The summed E-state index contributed by atoms with van der Waals surface area (Å²) in [6.07, 6.45) is 0. The molecule has 8 heteroatoms. The normalized spacial score (nSPS) is 10.6. The minimum atomic E-state index is -0.565. The van der Waals surface area contributed by atoms with Crippen molar-refractivity contribution in [1.29, 1.82) is 0 Å². The monoisotopic (exact) mass is 448 g/mol. The fraction of sp³-hybridized carbons (Fsp3) is 0.0417. The number of rotatable bonds is 5. The van der Waals surface area contributed by atoms with Gasteiger partial charge in [0.2, 0.25) is 5.76 Å². The van der Waals surface area contributed by atoms with Crippen LogP contribution < -0.4 is 15.4 Å². The van der Waals surface area contributed by atoms with E-state index >= 15 is 0 Å². The lowest BCUT2D eigenvalue weighted by Gasteiger charge is -2.10. The Kier molecular flexibility index (Phi) is 5.91. The Balaban J connectivity index is 1.70. The number of para-hydroxylation sites is 2. The zero-order valence-corrected chi connectivity index (χ0v) is 17.6. The van der Waals surface area contributed by atoms with E-state index < -0.39 is 17.8 Å². The molecule has 4 rings (SSSR count). The largest absolute Gasteiger partial charge is 0.449 e. The van der Waals surface area contributed by atoms with Gasteiger partial charge in [-0.1, -0.05) is 41.9 Å². The van der Waals surface area contributed by atoms with E-state index in [9.17, 15) is 14.4 Å². The highest BCUT2D eigenvalue weighted by molar-refractivity contribution is 6.31. The number of nitrogens with one attached hydrogen (secondary N) is 2. The minimum absolute atomic E-state index is 0.0792. The molecule has 160 valence electrons. The zero-order chi connectivity index (χ0) is 22.7. The summed E-state index contributed by atoms with van der Waals surface area (Å²) >= 11 is 5.99. The molecule has 0 radical (unpaired) electrons. The number of ether oxygens (including phenoxy) is 1. The number of hydrogen-bond acceptors (Lipinski definition) is 5. The topological polar surface area (TPSA) is 97.6 Å². The van der Waals surface area contributed by atoms with Gasteiger partial charge in [0.1, 0.15) is 17.0 Å². The van der Waals surface area contributed by atoms with Crippen LogP contribution in [0.2, 0.25) is 5.02 Å². The van der Waals surface area contributed by atoms with Gasteiger partial charge in [0.15, 0.2) is 0 Å². The number of fused-ring (bicyclic) bond motifs is 1. The first kappa shape index (κ1) is 21.1. The standard InChI is InChI=1S/C24H17ClN2O5/c1-14(28)31-20-12-5-3-10-18(20)23(29)27-21-17-9-2-4-11-19(17)32-22(21)24(30)26-16-8-6-7-15(25)13-16/h2-13H,1H3,(H,26,30)(H,27,29). The number of esters is 1. The second kappa shape index (κ2) is 8.95. The number of amides is 2. The van der Waals surface area contributed by atoms with Gasteiger partial charge in [-0.2, -0.15) is 0 Å². The predicted octanol–water partition coefficient (Wildman–Crippen LogP) is 5.52. The van der Waals surface area contributed by atoms with Crippen molar-refractivity contribution in [3.8, 4) is 5.75 Å². The van der Waals surface area contributed by atoms with Gasteiger partial charge in [-0.05, 0) is 42.5 Å². The first-order chi connectivity index (χ1) is 15.4. The Morgan fingerprint density at radius 1 is 0.875 bits per heavy atom. The van der Waals surface area contributed by atoms with E-state index in [1.54, 1.807) is 60.7 Å². The number of carbonyl (C=O) groups is 3. The molecule has 1 heterocycles. The third-order valence-electron chi connectivity index (χ3n) is 4.51. The molecule has 0 aliphatic rings. The molecule has 2 amide bonds. The molecule has 0 saturated heterocycles. The van der Waals surface area contributed by atoms with E-state index in [4.69, 9.17) is 20.8 Å². The van der Waals surface area contributed by atoms with Crippen LogP contribution in [0.25, 0.3) is 11.0 Å². The number of hydrogen-bond donors (Lipinski definition) is 2. The number of benzene rings is 3. The third kappa shape index (κ3) is 4.48. The number of halogens is 1. The van der Waals surface area contributed by atoms with E-state index in [-0.39, 0.29) is 22.8 Å². The lowest BCUT2D eigenvalue weighted by Crippen LogP contribution is -2.18. The molecule has 2 N–H and O–H groups in total. The molecule has 7 nitrogen and oxygen atoms in total. The summed E-state index contributed by atoms with van der Waals surface area (Å²) in [5.41, 5.74) is 1.23. The fourth-order valence-electron chi connectivity index (χ4n) is 3.16.